The number of hydrogen-bond donors (Lipinski definition) is 1. The van der Waals surface area contributed by atoms with E-state index in [2.05, 4.69) is 4.98 Å². The molecule has 0 radical (unpaired) electrons. The number of aliphatic hydroxyl groups excluding tert-OH is 1. The maximum Gasteiger partial charge on any atom is 0.121 e. The summed E-state index contributed by atoms with van der Waals surface area (Å²) in [5.41, 5.74) is 2.14. The fourth-order valence-corrected chi connectivity index (χ4v) is 1.88. The van der Waals surface area contributed by atoms with Gasteiger partial charge in [0.05, 0.1) is 15.7 Å². The fraction of sp³-hybridized carbons (Fsp3) is 0.154. The van der Waals surface area contributed by atoms with Gasteiger partial charge in [-0.2, -0.15) is 0 Å². The van der Waals surface area contributed by atoms with E-state index in [9.17, 15) is 5.11 Å². The van der Waals surface area contributed by atoms with Crippen LogP contribution in [0.15, 0.2) is 36.4 Å². The number of aryl methyl sites for hydroxylation is 1. The summed E-state index contributed by atoms with van der Waals surface area (Å²) in [5.74, 6) is 0. The number of hydrogen-bond acceptors (Lipinski definition) is 2. The van der Waals surface area contributed by atoms with E-state index >= 15 is 0 Å². The molecule has 2 rings (SSSR count). The van der Waals surface area contributed by atoms with E-state index in [1.54, 1.807) is 24.3 Å². The minimum absolute atomic E-state index is 0.427. The van der Waals surface area contributed by atoms with Crippen LogP contribution in [0.3, 0.4) is 0 Å². The van der Waals surface area contributed by atoms with Gasteiger partial charge < -0.3 is 5.11 Å². The molecule has 0 saturated carbocycles. The Bertz CT molecular complexity index is 543. The molecule has 4 heteroatoms. The number of rotatable bonds is 2. The van der Waals surface area contributed by atoms with Crippen molar-refractivity contribution >= 4 is 23.2 Å². The fourth-order valence-electron chi connectivity index (χ4n) is 1.57. The number of pyridine rings is 1. The Balaban J connectivity index is 2.36. The standard InChI is InChI=1S/C13H11Cl2NO/c1-8-3-2-4-12(16-8)13(17)9-5-6-10(14)11(15)7-9/h2-7,13,17H,1H3. The third kappa shape index (κ3) is 2.78. The van der Waals surface area contributed by atoms with Crippen molar-refractivity contribution in [2.75, 3.05) is 0 Å². The highest BCUT2D eigenvalue weighted by atomic mass is 35.5. The third-order valence-corrected chi connectivity index (χ3v) is 3.19. The van der Waals surface area contributed by atoms with Crippen LogP contribution in [-0.2, 0) is 0 Å². The number of aliphatic hydroxyl groups is 1. The van der Waals surface area contributed by atoms with Crippen molar-refractivity contribution in [2.24, 2.45) is 0 Å². The number of aromatic nitrogens is 1. The molecule has 1 unspecified atom stereocenters. The first-order chi connectivity index (χ1) is 8.08. The van der Waals surface area contributed by atoms with Gasteiger partial charge in [0, 0.05) is 5.69 Å². The summed E-state index contributed by atoms with van der Waals surface area (Å²) in [4.78, 5) is 4.28. The molecular weight excluding hydrogens is 257 g/mol. The Morgan fingerprint density at radius 2 is 1.88 bits per heavy atom. The lowest BCUT2D eigenvalue weighted by atomic mass is 10.1. The number of nitrogens with zero attached hydrogens (tertiary/aromatic N) is 1. The summed E-state index contributed by atoms with van der Waals surface area (Å²) < 4.78 is 0. The molecule has 0 amide bonds. The molecule has 2 nitrogen and oxygen atoms in total. The van der Waals surface area contributed by atoms with Crippen molar-refractivity contribution in [1.82, 2.24) is 4.98 Å². The van der Waals surface area contributed by atoms with Gasteiger partial charge in [-0.15, -0.1) is 0 Å². The second-order valence-corrected chi connectivity index (χ2v) is 4.59. The summed E-state index contributed by atoms with van der Waals surface area (Å²) in [7, 11) is 0. The van der Waals surface area contributed by atoms with E-state index in [0.29, 0.717) is 21.3 Å². The molecule has 0 aliphatic rings. The van der Waals surface area contributed by atoms with Gasteiger partial charge in [0.25, 0.3) is 0 Å². The quantitative estimate of drug-likeness (QED) is 0.899. The summed E-state index contributed by atoms with van der Waals surface area (Å²) in [6.45, 7) is 1.88. The summed E-state index contributed by atoms with van der Waals surface area (Å²) in [6.07, 6.45) is -0.787. The maximum atomic E-state index is 10.2. The van der Waals surface area contributed by atoms with Crippen molar-refractivity contribution in [3.63, 3.8) is 0 Å². The molecular formula is C13H11Cl2NO. The SMILES string of the molecule is Cc1cccc(C(O)c2ccc(Cl)c(Cl)c2)n1. The van der Waals surface area contributed by atoms with Crippen LogP contribution in [0.2, 0.25) is 10.0 Å². The summed E-state index contributed by atoms with van der Waals surface area (Å²) in [6, 6.07) is 10.6. The zero-order valence-corrected chi connectivity index (χ0v) is 10.7. The minimum atomic E-state index is -0.787. The zero-order valence-electron chi connectivity index (χ0n) is 9.19. The second-order valence-electron chi connectivity index (χ2n) is 3.78. The lowest BCUT2D eigenvalue weighted by Crippen LogP contribution is -2.03. The largest absolute Gasteiger partial charge is 0.382 e. The molecule has 1 atom stereocenters. The smallest absolute Gasteiger partial charge is 0.121 e. The van der Waals surface area contributed by atoms with Crippen LogP contribution in [0.5, 0.6) is 0 Å². The van der Waals surface area contributed by atoms with Crippen LogP contribution >= 0.6 is 23.2 Å². The zero-order chi connectivity index (χ0) is 12.4. The lowest BCUT2D eigenvalue weighted by Gasteiger charge is -2.11. The Morgan fingerprint density at radius 3 is 2.53 bits per heavy atom. The van der Waals surface area contributed by atoms with Crippen molar-refractivity contribution in [3.8, 4) is 0 Å². The van der Waals surface area contributed by atoms with Crippen molar-refractivity contribution in [3.05, 3.63) is 63.4 Å². The van der Waals surface area contributed by atoms with Crippen molar-refractivity contribution in [2.45, 2.75) is 13.0 Å². The van der Waals surface area contributed by atoms with E-state index in [4.69, 9.17) is 23.2 Å². The highest BCUT2D eigenvalue weighted by molar-refractivity contribution is 6.42. The molecule has 0 aliphatic carbocycles. The molecule has 0 saturated heterocycles. The number of halogens is 2. The predicted molar refractivity (Wildman–Crippen MR) is 69.5 cm³/mol. The first kappa shape index (κ1) is 12.4. The van der Waals surface area contributed by atoms with Crippen LogP contribution in [-0.4, -0.2) is 10.1 Å². The second kappa shape index (κ2) is 5.05. The van der Waals surface area contributed by atoms with Crippen molar-refractivity contribution in [1.29, 1.82) is 0 Å². The molecule has 17 heavy (non-hydrogen) atoms. The Hall–Kier alpha value is -1.09. The molecule has 0 fully saturated rings. The predicted octanol–water partition coefficient (Wildman–Crippen LogP) is 3.78. The van der Waals surface area contributed by atoms with Gasteiger partial charge in [0.2, 0.25) is 0 Å². The molecule has 2 aromatic rings. The van der Waals surface area contributed by atoms with E-state index < -0.39 is 6.10 Å². The maximum absolute atomic E-state index is 10.2. The average Bonchev–Trinajstić information content (AvgIpc) is 2.32. The van der Waals surface area contributed by atoms with Gasteiger partial charge in [-0.25, -0.2) is 0 Å². The molecule has 0 spiro atoms. The topological polar surface area (TPSA) is 33.1 Å². The molecule has 0 aliphatic heterocycles. The van der Waals surface area contributed by atoms with Crippen molar-refractivity contribution < 1.29 is 5.11 Å². The van der Waals surface area contributed by atoms with Crippen LogP contribution < -0.4 is 0 Å². The van der Waals surface area contributed by atoms with Crippen LogP contribution in [0, 0.1) is 6.92 Å². The number of benzene rings is 1. The molecule has 1 aromatic heterocycles. The molecule has 0 bridgehead atoms. The first-order valence-corrected chi connectivity index (χ1v) is 5.90. The molecule has 1 N–H and O–H groups in total. The van der Waals surface area contributed by atoms with Gasteiger partial charge in [0.15, 0.2) is 0 Å². The van der Waals surface area contributed by atoms with Crippen LogP contribution in [0.4, 0.5) is 0 Å². The normalized spacial score (nSPS) is 12.5. The van der Waals surface area contributed by atoms with Gasteiger partial charge in [-0.05, 0) is 36.8 Å². The Labute approximate surface area is 110 Å². The van der Waals surface area contributed by atoms with Crippen LogP contribution in [0.1, 0.15) is 23.1 Å². The van der Waals surface area contributed by atoms with Crippen LogP contribution in [0.25, 0.3) is 0 Å². The van der Waals surface area contributed by atoms with E-state index in [1.807, 2.05) is 19.1 Å². The molecule has 88 valence electrons. The summed E-state index contributed by atoms with van der Waals surface area (Å²) >= 11 is 11.7. The van der Waals surface area contributed by atoms with Gasteiger partial charge in [-0.3, -0.25) is 4.98 Å². The van der Waals surface area contributed by atoms with Gasteiger partial charge >= 0.3 is 0 Å². The van der Waals surface area contributed by atoms with Gasteiger partial charge in [-0.1, -0.05) is 35.3 Å². The lowest BCUT2D eigenvalue weighted by molar-refractivity contribution is 0.215. The average molecular weight is 268 g/mol. The molecule has 1 aromatic carbocycles. The Morgan fingerprint density at radius 1 is 1.12 bits per heavy atom. The Kier molecular flexibility index (Phi) is 3.67. The summed E-state index contributed by atoms with van der Waals surface area (Å²) in [5, 5.41) is 11.1. The minimum Gasteiger partial charge on any atom is -0.382 e. The highest BCUT2D eigenvalue weighted by Gasteiger charge is 2.13. The van der Waals surface area contributed by atoms with E-state index in [1.165, 1.54) is 0 Å². The molecule has 1 heterocycles. The van der Waals surface area contributed by atoms with E-state index in [-0.39, 0.29) is 0 Å². The monoisotopic (exact) mass is 267 g/mol. The third-order valence-electron chi connectivity index (χ3n) is 2.45. The van der Waals surface area contributed by atoms with Gasteiger partial charge in [0.1, 0.15) is 6.10 Å². The first-order valence-electron chi connectivity index (χ1n) is 5.14. The highest BCUT2D eigenvalue weighted by Crippen LogP contribution is 2.28. The van der Waals surface area contributed by atoms with E-state index in [0.717, 1.165) is 5.69 Å².